The molecule has 0 N–H and O–H groups in total. The Hall–Kier alpha value is -2.57. The van der Waals surface area contributed by atoms with Crippen LogP contribution in [0.15, 0.2) is 115 Å². The number of rotatable bonds is 2. The van der Waals surface area contributed by atoms with Gasteiger partial charge < -0.3 is 24.8 Å². The van der Waals surface area contributed by atoms with Gasteiger partial charge in [0.15, 0.2) is 0 Å². The summed E-state index contributed by atoms with van der Waals surface area (Å²) in [6.07, 6.45) is 0. The molecule has 0 aliphatic heterocycles. The monoisotopic (exact) mass is 626 g/mol. The Morgan fingerprint density at radius 3 is 1.21 bits per heavy atom. The Balaban J connectivity index is 0.000000203. The molecule has 0 unspecified atom stereocenters. The molecule has 0 bridgehead atoms. The minimum Gasteiger partial charge on any atom is -0.126 e. The molecule has 0 nitrogen and oxygen atoms in total. The van der Waals surface area contributed by atoms with Crippen LogP contribution in [-0.2, 0) is 24.2 Å². The topological polar surface area (TPSA) is 0 Å². The third-order valence-electron chi connectivity index (χ3n) is 7.46. The summed E-state index contributed by atoms with van der Waals surface area (Å²) in [6.45, 7) is 11.0. The van der Waals surface area contributed by atoms with Crippen LogP contribution in [0, 0.1) is 34.6 Å². The second-order valence-corrected chi connectivity index (χ2v) is 10.8. The molecule has 0 atom stereocenters. The first-order valence-electron chi connectivity index (χ1n) is 12.8. The van der Waals surface area contributed by atoms with Crippen LogP contribution in [0.5, 0.6) is 0 Å². The van der Waals surface area contributed by atoms with Crippen molar-refractivity contribution in [3.8, 4) is 0 Å². The molecule has 0 saturated carbocycles. The maximum atomic E-state index is 2.24. The Morgan fingerprint density at radius 1 is 0.538 bits per heavy atom. The van der Waals surface area contributed by atoms with Gasteiger partial charge in [-0.1, -0.05) is 71.0 Å². The smallest absolute Gasteiger partial charge is 0.0771 e. The third kappa shape index (κ3) is 7.76. The van der Waals surface area contributed by atoms with Crippen LogP contribution in [0.3, 0.4) is 0 Å². The van der Waals surface area contributed by atoms with Gasteiger partial charge in [0.05, 0.1) is 0 Å². The van der Waals surface area contributed by atoms with Gasteiger partial charge in [0.1, 0.15) is 0 Å². The van der Waals surface area contributed by atoms with Crippen molar-refractivity contribution in [2.45, 2.75) is 34.6 Å². The quantitative estimate of drug-likeness (QED) is 0.258. The van der Waals surface area contributed by atoms with Gasteiger partial charge in [0.2, 0.25) is 0 Å². The van der Waals surface area contributed by atoms with E-state index < -0.39 is 0 Å². The van der Waals surface area contributed by atoms with E-state index in [2.05, 4.69) is 150 Å². The summed E-state index contributed by atoms with van der Waals surface area (Å²) >= 11 is 1.46. The standard InChI is InChI=1S/C13H9.C13H10.C10H15.2ClH.Zr/c1-3-7-12-10(5-1)9-11-6-2-4-8-13(11)12;1-3-7-12(8-4-1)11-13-9-5-2-6-10-13;1-6-7(2)9(4)10(5)8(6)3;;;/h1-9H;1-10H;1-5H3;2*1H;/q-1;;-1;;;+2/p-2. The van der Waals surface area contributed by atoms with Crippen molar-refractivity contribution >= 4 is 24.8 Å². The molecule has 0 spiro atoms. The number of fused-ring (bicyclic) bond motifs is 3. The van der Waals surface area contributed by atoms with Crippen LogP contribution in [0.2, 0.25) is 0 Å². The molecule has 6 rings (SSSR count). The normalized spacial score (nSPS) is 9.92. The maximum absolute atomic E-state index is 2.24. The second-order valence-electron chi connectivity index (χ2n) is 9.55. The van der Waals surface area contributed by atoms with Gasteiger partial charge in [-0.3, -0.25) is 0 Å². The van der Waals surface area contributed by atoms with Gasteiger partial charge in [0.25, 0.3) is 0 Å². The molecular formula is C36H34Cl2Zr-2. The van der Waals surface area contributed by atoms with Crippen molar-refractivity contribution in [3.05, 3.63) is 154 Å². The molecule has 3 heteroatoms. The van der Waals surface area contributed by atoms with E-state index in [-0.39, 0.29) is 24.8 Å². The molecule has 0 aliphatic rings. The summed E-state index contributed by atoms with van der Waals surface area (Å²) in [4.78, 5) is 0. The zero-order valence-electron chi connectivity index (χ0n) is 23.2. The summed E-state index contributed by atoms with van der Waals surface area (Å²) in [7, 11) is 0. The van der Waals surface area contributed by atoms with Gasteiger partial charge >= 0.3 is 99.2 Å². The number of hydrogen-bond acceptors (Lipinski definition) is 0. The van der Waals surface area contributed by atoms with E-state index in [1.807, 2.05) is 0 Å². The molecule has 0 amide bonds. The van der Waals surface area contributed by atoms with Crippen LogP contribution >= 0.6 is 0 Å². The second kappa shape index (κ2) is 15.3. The Bertz CT molecular complexity index is 1450. The average molecular weight is 629 g/mol. The zero-order valence-corrected chi connectivity index (χ0v) is 27.2. The molecule has 0 heterocycles. The van der Waals surface area contributed by atoms with Crippen LogP contribution in [0.4, 0.5) is 0 Å². The predicted octanol–water partition coefficient (Wildman–Crippen LogP) is 3.47. The van der Waals surface area contributed by atoms with Crippen molar-refractivity contribution in [3.63, 3.8) is 0 Å². The largest absolute Gasteiger partial charge is 0.126 e. The fourth-order valence-corrected chi connectivity index (χ4v) is 5.51. The van der Waals surface area contributed by atoms with Crippen molar-refractivity contribution in [2.24, 2.45) is 0 Å². The van der Waals surface area contributed by atoms with Crippen LogP contribution in [-0.4, -0.2) is 3.21 Å². The van der Waals surface area contributed by atoms with E-state index in [1.54, 1.807) is 0 Å². The molecular weight excluding hydrogens is 595 g/mol. The first-order chi connectivity index (χ1) is 17.9. The molecule has 6 aromatic rings. The average Bonchev–Trinajstić information content (AvgIpc) is 3.42. The van der Waals surface area contributed by atoms with Gasteiger partial charge in [0, 0.05) is 0 Å². The van der Waals surface area contributed by atoms with E-state index in [0.717, 1.165) is 0 Å². The van der Waals surface area contributed by atoms with Crippen LogP contribution in [0.25, 0.3) is 21.5 Å². The van der Waals surface area contributed by atoms with Crippen LogP contribution in [0.1, 0.15) is 38.9 Å². The van der Waals surface area contributed by atoms with Gasteiger partial charge in [-0.2, -0.15) is 27.8 Å². The van der Waals surface area contributed by atoms with Crippen molar-refractivity contribution < 1.29 is 49.0 Å². The molecule has 198 valence electrons. The van der Waals surface area contributed by atoms with Gasteiger partial charge in [-0.05, 0) is 0 Å². The zero-order chi connectivity index (χ0) is 26.4. The van der Waals surface area contributed by atoms with E-state index >= 15 is 0 Å². The predicted molar refractivity (Wildman–Crippen MR) is 159 cm³/mol. The van der Waals surface area contributed by atoms with Crippen molar-refractivity contribution in [1.82, 2.24) is 0 Å². The van der Waals surface area contributed by atoms with Gasteiger partial charge in [-0.15, -0.1) is 39.7 Å². The maximum Gasteiger partial charge on any atom is -0.0771 e. The Morgan fingerprint density at radius 2 is 0.872 bits per heavy atom. The molecule has 0 fully saturated rings. The SMILES string of the molecule is Cc1c(C)c(C)[c-](C)c1C.[Cl-].[Cl-].[Zr+2]=[C](c1ccccc1)c1ccccc1.c1ccc2c(c1)[cH-]c1ccccc12. The van der Waals surface area contributed by atoms with E-state index in [9.17, 15) is 0 Å². The number of benzene rings is 4. The Kier molecular flexibility index (Phi) is 12.8. The molecule has 0 aromatic heterocycles. The molecule has 39 heavy (non-hydrogen) atoms. The summed E-state index contributed by atoms with van der Waals surface area (Å²) < 4.78 is 1.42. The fraction of sp³-hybridized carbons (Fsp3) is 0.139. The van der Waals surface area contributed by atoms with E-state index in [4.69, 9.17) is 0 Å². The molecule has 6 aromatic carbocycles. The molecule has 0 saturated heterocycles. The first-order valence-corrected chi connectivity index (χ1v) is 14.0. The summed E-state index contributed by atoms with van der Waals surface area (Å²) in [6, 6.07) is 40.4. The number of hydrogen-bond donors (Lipinski definition) is 0. The minimum atomic E-state index is 0. The van der Waals surface area contributed by atoms with Crippen molar-refractivity contribution in [2.75, 3.05) is 0 Å². The van der Waals surface area contributed by atoms with Crippen molar-refractivity contribution in [1.29, 1.82) is 0 Å². The molecule has 0 aliphatic carbocycles. The van der Waals surface area contributed by atoms with Crippen LogP contribution < -0.4 is 24.8 Å². The van der Waals surface area contributed by atoms with E-state index in [1.165, 1.54) is 87.9 Å². The fourth-order valence-electron chi connectivity index (χ4n) is 4.69. The minimum absolute atomic E-state index is 0. The molecule has 0 radical (unpaired) electrons. The first kappa shape index (κ1) is 32.6. The Labute approximate surface area is 261 Å². The number of halogens is 2. The van der Waals surface area contributed by atoms with Gasteiger partial charge in [-0.25, -0.2) is 0 Å². The summed E-state index contributed by atoms with van der Waals surface area (Å²) in [5.74, 6) is 0. The summed E-state index contributed by atoms with van der Waals surface area (Å²) in [5, 5.41) is 5.39. The summed E-state index contributed by atoms with van der Waals surface area (Å²) in [5.41, 5.74) is 10.00. The van der Waals surface area contributed by atoms with E-state index in [0.29, 0.717) is 0 Å². The third-order valence-corrected chi connectivity index (χ3v) is 8.88.